The molecule has 1 heterocycles. The molecule has 0 aliphatic carbocycles. The van der Waals surface area contributed by atoms with Gasteiger partial charge in [0, 0.05) is 6.54 Å². The highest BCUT2D eigenvalue weighted by atomic mass is 16.5. The van der Waals surface area contributed by atoms with Crippen LogP contribution in [0.3, 0.4) is 0 Å². The lowest BCUT2D eigenvalue weighted by Gasteiger charge is -2.36. The van der Waals surface area contributed by atoms with Crippen LogP contribution in [0.25, 0.3) is 0 Å². The Kier molecular flexibility index (Phi) is 4.24. The van der Waals surface area contributed by atoms with Gasteiger partial charge in [0.2, 0.25) is 0 Å². The maximum Gasteiger partial charge on any atom is 0.337 e. The molecule has 0 spiro atoms. The van der Waals surface area contributed by atoms with Crippen molar-refractivity contribution in [2.45, 2.75) is 26.0 Å². The molecule has 2 rings (SSSR count). The topological polar surface area (TPSA) is 78.9 Å². The zero-order chi connectivity index (χ0) is 14.7. The molecule has 6 nitrogen and oxygen atoms in total. The first-order valence-electron chi connectivity index (χ1n) is 6.50. The van der Waals surface area contributed by atoms with Crippen molar-refractivity contribution in [3.05, 3.63) is 29.8 Å². The van der Waals surface area contributed by atoms with Crippen LogP contribution in [-0.4, -0.2) is 47.3 Å². The molecule has 2 atom stereocenters. The van der Waals surface area contributed by atoms with Gasteiger partial charge in [-0.15, -0.1) is 0 Å². The largest absolute Gasteiger partial charge is 0.478 e. The Morgan fingerprint density at radius 2 is 2.05 bits per heavy atom. The first kappa shape index (κ1) is 14.3. The van der Waals surface area contributed by atoms with E-state index in [0.29, 0.717) is 18.8 Å². The SMILES string of the molecule is CC1CN(C(=O)Nc2ccccc2C(=O)O)C(C)CO1. The number of carboxylic acids is 1. The normalized spacial score (nSPS) is 22.4. The lowest BCUT2D eigenvalue weighted by Crippen LogP contribution is -2.51. The van der Waals surface area contributed by atoms with Crippen molar-refractivity contribution >= 4 is 17.7 Å². The van der Waals surface area contributed by atoms with E-state index in [-0.39, 0.29) is 23.7 Å². The number of amides is 2. The monoisotopic (exact) mass is 278 g/mol. The molecular weight excluding hydrogens is 260 g/mol. The first-order chi connectivity index (χ1) is 9.49. The van der Waals surface area contributed by atoms with Crippen LogP contribution < -0.4 is 5.32 Å². The molecule has 2 N–H and O–H groups in total. The zero-order valence-corrected chi connectivity index (χ0v) is 11.5. The Balaban J connectivity index is 2.13. The third kappa shape index (κ3) is 3.08. The van der Waals surface area contributed by atoms with E-state index < -0.39 is 5.97 Å². The van der Waals surface area contributed by atoms with E-state index in [1.165, 1.54) is 6.07 Å². The summed E-state index contributed by atoms with van der Waals surface area (Å²) in [5.74, 6) is -1.07. The van der Waals surface area contributed by atoms with E-state index in [9.17, 15) is 9.59 Å². The van der Waals surface area contributed by atoms with Crippen molar-refractivity contribution in [3.8, 4) is 0 Å². The Hall–Kier alpha value is -2.08. The lowest BCUT2D eigenvalue weighted by atomic mass is 10.2. The predicted molar refractivity (Wildman–Crippen MR) is 74.0 cm³/mol. The van der Waals surface area contributed by atoms with Crippen molar-refractivity contribution in [3.63, 3.8) is 0 Å². The average molecular weight is 278 g/mol. The van der Waals surface area contributed by atoms with Crippen molar-refractivity contribution < 1.29 is 19.4 Å². The summed E-state index contributed by atoms with van der Waals surface area (Å²) in [6, 6.07) is 6.01. The van der Waals surface area contributed by atoms with Gasteiger partial charge in [0.15, 0.2) is 0 Å². The number of morpholine rings is 1. The minimum absolute atomic E-state index is 0.0216. The van der Waals surface area contributed by atoms with Gasteiger partial charge in [0.05, 0.1) is 30.0 Å². The van der Waals surface area contributed by atoms with Gasteiger partial charge in [0.1, 0.15) is 0 Å². The standard InChI is InChI=1S/C14H18N2O4/c1-9-8-20-10(2)7-16(9)14(19)15-12-6-4-3-5-11(12)13(17)18/h3-6,9-10H,7-8H2,1-2H3,(H,15,19)(H,17,18). The fourth-order valence-electron chi connectivity index (χ4n) is 2.15. The van der Waals surface area contributed by atoms with Gasteiger partial charge in [-0.05, 0) is 26.0 Å². The summed E-state index contributed by atoms with van der Waals surface area (Å²) in [5, 5.41) is 11.8. The van der Waals surface area contributed by atoms with Crippen molar-refractivity contribution in [2.24, 2.45) is 0 Å². The van der Waals surface area contributed by atoms with Crippen molar-refractivity contribution in [1.82, 2.24) is 4.90 Å². The molecule has 0 bridgehead atoms. The van der Waals surface area contributed by atoms with Crippen LogP contribution >= 0.6 is 0 Å². The predicted octanol–water partition coefficient (Wildman–Crippen LogP) is 2.03. The minimum atomic E-state index is -1.07. The Bertz CT molecular complexity index is 518. The van der Waals surface area contributed by atoms with E-state index in [1.54, 1.807) is 23.1 Å². The van der Waals surface area contributed by atoms with Crippen LogP contribution in [0.5, 0.6) is 0 Å². The molecule has 6 heteroatoms. The number of hydrogen-bond acceptors (Lipinski definition) is 3. The fourth-order valence-corrected chi connectivity index (χ4v) is 2.15. The number of carbonyl (C=O) groups excluding carboxylic acids is 1. The second-order valence-electron chi connectivity index (χ2n) is 4.93. The lowest BCUT2D eigenvalue weighted by molar-refractivity contribution is -0.0296. The Labute approximate surface area is 117 Å². The number of hydrogen-bond donors (Lipinski definition) is 2. The summed E-state index contributed by atoms with van der Waals surface area (Å²) in [6.07, 6.45) is -0.0216. The van der Waals surface area contributed by atoms with Gasteiger partial charge in [0.25, 0.3) is 0 Å². The number of urea groups is 1. The highest BCUT2D eigenvalue weighted by molar-refractivity contribution is 6.00. The summed E-state index contributed by atoms with van der Waals surface area (Å²) >= 11 is 0. The molecule has 20 heavy (non-hydrogen) atoms. The molecule has 1 aliphatic heterocycles. The van der Waals surface area contributed by atoms with E-state index in [1.807, 2.05) is 13.8 Å². The van der Waals surface area contributed by atoms with Gasteiger partial charge < -0.3 is 20.1 Å². The molecule has 0 aromatic heterocycles. The summed E-state index contributed by atoms with van der Waals surface area (Å²) in [7, 11) is 0. The molecule has 1 saturated heterocycles. The molecule has 0 saturated carbocycles. The number of anilines is 1. The maximum atomic E-state index is 12.3. The van der Waals surface area contributed by atoms with E-state index >= 15 is 0 Å². The Morgan fingerprint density at radius 1 is 1.35 bits per heavy atom. The summed E-state index contributed by atoms with van der Waals surface area (Å²) < 4.78 is 5.47. The summed E-state index contributed by atoms with van der Waals surface area (Å²) in [6.45, 7) is 4.77. The maximum absolute atomic E-state index is 12.3. The third-order valence-electron chi connectivity index (χ3n) is 3.27. The molecule has 1 fully saturated rings. The number of nitrogens with zero attached hydrogens (tertiary/aromatic N) is 1. The first-order valence-corrected chi connectivity index (χ1v) is 6.50. The molecule has 1 aromatic rings. The summed E-state index contributed by atoms with van der Waals surface area (Å²) in [4.78, 5) is 25.0. The number of carboxylic acid groups (broad SMARTS) is 1. The minimum Gasteiger partial charge on any atom is -0.478 e. The smallest absolute Gasteiger partial charge is 0.337 e. The van der Waals surface area contributed by atoms with Crippen LogP contribution in [0.2, 0.25) is 0 Å². The highest BCUT2D eigenvalue weighted by Crippen LogP contribution is 2.18. The molecule has 108 valence electrons. The molecule has 0 radical (unpaired) electrons. The number of nitrogens with one attached hydrogen (secondary N) is 1. The second kappa shape index (κ2) is 5.92. The highest BCUT2D eigenvalue weighted by Gasteiger charge is 2.28. The van der Waals surface area contributed by atoms with Gasteiger partial charge in [-0.25, -0.2) is 9.59 Å². The van der Waals surface area contributed by atoms with Crippen LogP contribution in [0, 0.1) is 0 Å². The van der Waals surface area contributed by atoms with Crippen LogP contribution in [0.1, 0.15) is 24.2 Å². The molecule has 1 aromatic carbocycles. The van der Waals surface area contributed by atoms with Gasteiger partial charge in [-0.2, -0.15) is 0 Å². The molecule has 1 aliphatic rings. The number of ether oxygens (including phenoxy) is 1. The van der Waals surface area contributed by atoms with E-state index in [0.717, 1.165) is 0 Å². The zero-order valence-electron chi connectivity index (χ0n) is 11.5. The van der Waals surface area contributed by atoms with Crippen LogP contribution in [0.15, 0.2) is 24.3 Å². The number of rotatable bonds is 2. The quantitative estimate of drug-likeness (QED) is 0.867. The van der Waals surface area contributed by atoms with Crippen LogP contribution in [0.4, 0.5) is 10.5 Å². The number of benzene rings is 1. The molecule has 2 amide bonds. The molecular formula is C14H18N2O4. The number of carbonyl (C=O) groups is 2. The molecule has 2 unspecified atom stereocenters. The van der Waals surface area contributed by atoms with Gasteiger partial charge in [-0.1, -0.05) is 12.1 Å². The van der Waals surface area contributed by atoms with Gasteiger partial charge in [-0.3, -0.25) is 0 Å². The fraction of sp³-hybridized carbons (Fsp3) is 0.429. The second-order valence-corrected chi connectivity index (χ2v) is 4.93. The average Bonchev–Trinajstić information content (AvgIpc) is 2.41. The van der Waals surface area contributed by atoms with E-state index in [4.69, 9.17) is 9.84 Å². The third-order valence-corrected chi connectivity index (χ3v) is 3.27. The van der Waals surface area contributed by atoms with Crippen molar-refractivity contribution in [2.75, 3.05) is 18.5 Å². The Morgan fingerprint density at radius 3 is 2.75 bits per heavy atom. The van der Waals surface area contributed by atoms with E-state index in [2.05, 4.69) is 5.32 Å². The number of para-hydroxylation sites is 1. The van der Waals surface area contributed by atoms with Gasteiger partial charge >= 0.3 is 12.0 Å². The number of aromatic carboxylic acids is 1. The van der Waals surface area contributed by atoms with Crippen molar-refractivity contribution in [1.29, 1.82) is 0 Å². The van der Waals surface area contributed by atoms with Crippen LogP contribution in [-0.2, 0) is 4.74 Å². The summed E-state index contributed by atoms with van der Waals surface area (Å²) in [5.41, 5.74) is 0.381.